The highest BCUT2D eigenvalue weighted by molar-refractivity contribution is 5.84. The first-order valence-corrected chi connectivity index (χ1v) is 4.49. The van der Waals surface area contributed by atoms with Crippen molar-refractivity contribution < 1.29 is 20.8 Å². The molecule has 1 aromatic heterocycles. The van der Waals surface area contributed by atoms with Crippen molar-refractivity contribution >= 4 is 10.9 Å². The molecule has 0 saturated heterocycles. The number of aromatic nitrogens is 1. The maximum absolute atomic E-state index is 8.65. The Kier molecular flexibility index (Phi) is 6.02. The zero-order valence-corrected chi connectivity index (χ0v) is 8.68. The number of hydrogen-bond acceptors (Lipinski definition) is 3. The van der Waals surface area contributed by atoms with Gasteiger partial charge in [0.2, 0.25) is 0 Å². The number of fused-ring (bicyclic) bond motifs is 1. The van der Waals surface area contributed by atoms with E-state index in [2.05, 4.69) is 4.98 Å². The number of ether oxygens (including phenoxy) is 1. The molecule has 1 heterocycles. The second-order valence-corrected chi connectivity index (χ2v) is 2.90. The Bertz CT molecular complexity index is 428. The summed E-state index contributed by atoms with van der Waals surface area (Å²) in [6.07, 6.45) is 1.73. The molecule has 2 aromatic rings. The van der Waals surface area contributed by atoms with E-state index >= 15 is 0 Å². The van der Waals surface area contributed by atoms with Crippen molar-refractivity contribution in [1.82, 2.24) is 4.98 Å². The van der Waals surface area contributed by atoms with Crippen LogP contribution in [-0.4, -0.2) is 34.3 Å². The van der Waals surface area contributed by atoms with Crippen LogP contribution in [0.3, 0.4) is 0 Å². The van der Waals surface area contributed by atoms with Gasteiger partial charge in [0.1, 0.15) is 17.9 Å². The second kappa shape index (κ2) is 6.73. The molecule has 88 valence electrons. The van der Waals surface area contributed by atoms with Crippen molar-refractivity contribution in [2.75, 3.05) is 13.2 Å². The van der Waals surface area contributed by atoms with Crippen molar-refractivity contribution in [2.45, 2.75) is 0 Å². The van der Waals surface area contributed by atoms with Gasteiger partial charge in [0.05, 0.1) is 6.61 Å². The van der Waals surface area contributed by atoms with E-state index in [0.717, 1.165) is 16.7 Å². The molecule has 0 saturated carbocycles. The zero-order chi connectivity index (χ0) is 9.80. The lowest BCUT2D eigenvalue weighted by Crippen LogP contribution is -2.02. The van der Waals surface area contributed by atoms with E-state index in [9.17, 15) is 0 Å². The number of benzene rings is 1. The van der Waals surface area contributed by atoms with Gasteiger partial charge in [-0.1, -0.05) is 18.2 Å². The van der Waals surface area contributed by atoms with E-state index in [1.807, 2.05) is 30.3 Å². The molecule has 0 amide bonds. The van der Waals surface area contributed by atoms with Gasteiger partial charge in [-0.15, -0.1) is 0 Å². The standard InChI is InChI=1S/C11H11NO2.2H2O/c13-7-8-14-10-5-1-3-9-4-2-6-12-11(9)10;;/h1-6,13H,7-8H2;2*1H2. The minimum Gasteiger partial charge on any atom is -0.489 e. The van der Waals surface area contributed by atoms with Gasteiger partial charge in [0.15, 0.2) is 0 Å². The Hall–Kier alpha value is -1.69. The fourth-order valence-corrected chi connectivity index (χ4v) is 1.35. The Labute approximate surface area is 92.9 Å². The van der Waals surface area contributed by atoms with E-state index in [1.165, 1.54) is 0 Å². The van der Waals surface area contributed by atoms with Crippen LogP contribution in [0, 0.1) is 0 Å². The lowest BCUT2D eigenvalue weighted by molar-refractivity contribution is 0.202. The van der Waals surface area contributed by atoms with Crippen molar-refractivity contribution in [3.05, 3.63) is 36.5 Å². The quantitative estimate of drug-likeness (QED) is 0.791. The first kappa shape index (κ1) is 14.3. The van der Waals surface area contributed by atoms with Crippen molar-refractivity contribution in [3.63, 3.8) is 0 Å². The zero-order valence-electron chi connectivity index (χ0n) is 8.68. The summed E-state index contributed by atoms with van der Waals surface area (Å²) >= 11 is 0. The fraction of sp³-hybridized carbons (Fsp3) is 0.182. The lowest BCUT2D eigenvalue weighted by Gasteiger charge is -2.06. The largest absolute Gasteiger partial charge is 0.489 e. The highest BCUT2D eigenvalue weighted by Crippen LogP contribution is 2.22. The van der Waals surface area contributed by atoms with Crippen LogP contribution in [0.15, 0.2) is 36.5 Å². The van der Waals surface area contributed by atoms with Crippen LogP contribution in [0.1, 0.15) is 0 Å². The summed E-state index contributed by atoms with van der Waals surface area (Å²) in [4.78, 5) is 4.23. The van der Waals surface area contributed by atoms with E-state index in [4.69, 9.17) is 9.84 Å². The number of nitrogens with zero attached hydrogens (tertiary/aromatic N) is 1. The van der Waals surface area contributed by atoms with Gasteiger partial charge >= 0.3 is 0 Å². The average molecular weight is 225 g/mol. The molecule has 2 rings (SSSR count). The van der Waals surface area contributed by atoms with Crippen LogP contribution in [0.4, 0.5) is 0 Å². The van der Waals surface area contributed by atoms with E-state index in [0.29, 0.717) is 6.61 Å². The van der Waals surface area contributed by atoms with Gasteiger partial charge in [-0.3, -0.25) is 4.98 Å². The van der Waals surface area contributed by atoms with Gasteiger partial charge in [-0.2, -0.15) is 0 Å². The third kappa shape index (κ3) is 2.90. The van der Waals surface area contributed by atoms with Crippen LogP contribution in [-0.2, 0) is 0 Å². The Balaban J connectivity index is 0.00000112. The van der Waals surface area contributed by atoms with E-state index in [1.54, 1.807) is 6.20 Å². The molecule has 5 N–H and O–H groups in total. The third-order valence-electron chi connectivity index (χ3n) is 1.94. The van der Waals surface area contributed by atoms with Crippen molar-refractivity contribution in [1.29, 1.82) is 0 Å². The molecule has 0 atom stereocenters. The molecule has 0 aliphatic carbocycles. The first-order chi connectivity index (χ1) is 6.92. The van der Waals surface area contributed by atoms with Gasteiger partial charge < -0.3 is 20.8 Å². The smallest absolute Gasteiger partial charge is 0.145 e. The maximum atomic E-state index is 8.65. The number of para-hydroxylation sites is 1. The van der Waals surface area contributed by atoms with E-state index in [-0.39, 0.29) is 17.6 Å². The number of aliphatic hydroxyl groups is 1. The molecule has 16 heavy (non-hydrogen) atoms. The number of pyridine rings is 1. The molecule has 0 fully saturated rings. The number of aliphatic hydroxyl groups excluding tert-OH is 1. The SMILES string of the molecule is O.O.OCCOc1cccc2cccnc12. The Morgan fingerprint density at radius 3 is 2.62 bits per heavy atom. The lowest BCUT2D eigenvalue weighted by atomic mass is 10.2. The summed E-state index contributed by atoms with van der Waals surface area (Å²) in [5.41, 5.74) is 0.837. The molecule has 1 aromatic carbocycles. The minimum atomic E-state index is 0. The summed E-state index contributed by atoms with van der Waals surface area (Å²) in [5, 5.41) is 9.70. The van der Waals surface area contributed by atoms with Crippen LogP contribution in [0.25, 0.3) is 10.9 Å². The minimum absolute atomic E-state index is 0. The highest BCUT2D eigenvalue weighted by Gasteiger charge is 2.01. The van der Waals surface area contributed by atoms with E-state index < -0.39 is 0 Å². The van der Waals surface area contributed by atoms with Gasteiger partial charge in [-0.05, 0) is 12.1 Å². The first-order valence-electron chi connectivity index (χ1n) is 4.49. The molecular weight excluding hydrogens is 210 g/mol. The maximum Gasteiger partial charge on any atom is 0.145 e. The average Bonchev–Trinajstić information content (AvgIpc) is 2.26. The summed E-state index contributed by atoms with van der Waals surface area (Å²) in [6.45, 7) is 0.318. The predicted molar refractivity (Wildman–Crippen MR) is 61.6 cm³/mol. The van der Waals surface area contributed by atoms with Gasteiger partial charge in [0.25, 0.3) is 0 Å². The summed E-state index contributed by atoms with van der Waals surface area (Å²) < 4.78 is 5.36. The molecule has 5 nitrogen and oxygen atoms in total. The van der Waals surface area contributed by atoms with Crippen LogP contribution in [0.5, 0.6) is 5.75 Å². The highest BCUT2D eigenvalue weighted by atomic mass is 16.5. The summed E-state index contributed by atoms with van der Waals surface area (Å²) in [5.74, 6) is 0.720. The Morgan fingerprint density at radius 2 is 1.88 bits per heavy atom. The number of rotatable bonds is 3. The number of hydrogen-bond donors (Lipinski definition) is 1. The monoisotopic (exact) mass is 225 g/mol. The van der Waals surface area contributed by atoms with Crippen molar-refractivity contribution in [3.8, 4) is 5.75 Å². The third-order valence-corrected chi connectivity index (χ3v) is 1.94. The normalized spacial score (nSPS) is 9.06. The summed E-state index contributed by atoms with van der Waals surface area (Å²) in [6, 6.07) is 9.61. The van der Waals surface area contributed by atoms with Crippen LogP contribution < -0.4 is 4.74 Å². The molecule has 0 bridgehead atoms. The van der Waals surface area contributed by atoms with Gasteiger partial charge in [-0.25, -0.2) is 0 Å². The second-order valence-electron chi connectivity index (χ2n) is 2.90. The van der Waals surface area contributed by atoms with Crippen LogP contribution >= 0.6 is 0 Å². The topological polar surface area (TPSA) is 105 Å². The predicted octanol–water partition coefficient (Wildman–Crippen LogP) is -0.0435. The molecule has 0 spiro atoms. The molecule has 0 radical (unpaired) electrons. The van der Waals surface area contributed by atoms with Crippen molar-refractivity contribution in [2.24, 2.45) is 0 Å². The molecule has 0 aliphatic heterocycles. The Morgan fingerprint density at radius 1 is 1.12 bits per heavy atom. The molecule has 0 unspecified atom stereocenters. The van der Waals surface area contributed by atoms with Gasteiger partial charge in [0, 0.05) is 11.6 Å². The summed E-state index contributed by atoms with van der Waals surface area (Å²) in [7, 11) is 0. The molecule has 0 aliphatic rings. The fourth-order valence-electron chi connectivity index (χ4n) is 1.35. The molecular formula is C11H15NO4. The molecule has 5 heteroatoms. The van der Waals surface area contributed by atoms with Crippen LogP contribution in [0.2, 0.25) is 0 Å².